The van der Waals surface area contributed by atoms with Crippen LogP contribution in [0.2, 0.25) is 0 Å². The molecule has 1 unspecified atom stereocenters. The number of alkyl halides is 2. The lowest BCUT2D eigenvalue weighted by Gasteiger charge is -2.15. The minimum atomic E-state index is -3.17. The third kappa shape index (κ3) is 1.62. The van der Waals surface area contributed by atoms with E-state index in [-0.39, 0.29) is 11.6 Å². The second-order valence-electron chi connectivity index (χ2n) is 4.88. The van der Waals surface area contributed by atoms with Gasteiger partial charge in [0, 0.05) is 19.2 Å². The van der Waals surface area contributed by atoms with Gasteiger partial charge in [0.2, 0.25) is 0 Å². The fraction of sp³-hybridized carbons (Fsp3) is 0.636. The number of aromatic nitrogens is 2. The van der Waals surface area contributed by atoms with Gasteiger partial charge < -0.3 is 5.11 Å². The summed E-state index contributed by atoms with van der Waals surface area (Å²) in [5.74, 6) is -4.44. The van der Waals surface area contributed by atoms with E-state index in [9.17, 15) is 13.6 Å². The Hall–Kier alpha value is -1.46. The Morgan fingerprint density at radius 3 is 2.65 bits per heavy atom. The van der Waals surface area contributed by atoms with Crippen LogP contribution in [-0.2, 0) is 16.8 Å². The predicted molar refractivity (Wildman–Crippen MR) is 55.9 cm³/mol. The van der Waals surface area contributed by atoms with Crippen LogP contribution in [0.1, 0.15) is 26.0 Å². The molecule has 6 heteroatoms. The molecule has 1 aromatic heterocycles. The zero-order valence-electron chi connectivity index (χ0n) is 9.65. The van der Waals surface area contributed by atoms with Crippen molar-refractivity contribution in [1.29, 1.82) is 0 Å². The maximum absolute atomic E-state index is 13.4. The van der Waals surface area contributed by atoms with Crippen molar-refractivity contribution in [2.75, 3.05) is 0 Å². The second-order valence-corrected chi connectivity index (χ2v) is 4.88. The van der Waals surface area contributed by atoms with Gasteiger partial charge in [-0.25, -0.2) is 8.78 Å². The van der Waals surface area contributed by atoms with E-state index < -0.39 is 23.7 Å². The molecule has 0 aliphatic heterocycles. The molecule has 0 radical (unpaired) electrons. The third-order valence-electron chi connectivity index (χ3n) is 3.04. The highest BCUT2D eigenvalue weighted by atomic mass is 19.3. The van der Waals surface area contributed by atoms with Gasteiger partial charge in [-0.1, -0.05) is 13.8 Å². The molecule has 0 saturated heterocycles. The molecule has 4 nitrogen and oxygen atoms in total. The monoisotopic (exact) mass is 244 g/mol. The van der Waals surface area contributed by atoms with Gasteiger partial charge in [0.1, 0.15) is 0 Å². The molecule has 0 spiro atoms. The van der Waals surface area contributed by atoms with Crippen LogP contribution in [-0.4, -0.2) is 26.8 Å². The lowest BCUT2D eigenvalue weighted by molar-refractivity contribution is -0.143. The minimum absolute atomic E-state index is 0.101. The summed E-state index contributed by atoms with van der Waals surface area (Å²) in [5.41, 5.74) is -1.97. The summed E-state index contributed by atoms with van der Waals surface area (Å²) >= 11 is 0. The maximum Gasteiger partial charge on any atom is 0.322 e. The third-order valence-corrected chi connectivity index (χ3v) is 3.04. The molecule has 0 amide bonds. The summed E-state index contributed by atoms with van der Waals surface area (Å²) in [4.78, 5) is 11.1. The first kappa shape index (κ1) is 12.0. The predicted octanol–water partition coefficient (Wildman–Crippen LogP) is 1.90. The number of nitrogens with zero attached hydrogens (tertiary/aromatic N) is 2. The number of halogens is 2. The SMILES string of the molecule is CC(C)Cn1nccc1C1(C(=O)O)CC1(F)F. The molecule has 1 saturated carbocycles. The van der Waals surface area contributed by atoms with Crippen LogP contribution in [0.25, 0.3) is 0 Å². The van der Waals surface area contributed by atoms with Crippen molar-refractivity contribution in [3.05, 3.63) is 18.0 Å². The zero-order valence-corrected chi connectivity index (χ0v) is 9.65. The first-order valence-electron chi connectivity index (χ1n) is 5.45. The van der Waals surface area contributed by atoms with Crippen molar-refractivity contribution in [3.63, 3.8) is 0 Å². The van der Waals surface area contributed by atoms with Gasteiger partial charge in [-0.15, -0.1) is 0 Å². The van der Waals surface area contributed by atoms with Crippen LogP contribution >= 0.6 is 0 Å². The van der Waals surface area contributed by atoms with E-state index >= 15 is 0 Å². The van der Waals surface area contributed by atoms with E-state index in [4.69, 9.17) is 5.11 Å². The van der Waals surface area contributed by atoms with Crippen molar-refractivity contribution in [3.8, 4) is 0 Å². The maximum atomic E-state index is 13.4. The number of carboxylic acid groups (broad SMARTS) is 1. The van der Waals surface area contributed by atoms with Gasteiger partial charge in [-0.3, -0.25) is 9.48 Å². The molecule has 1 N–H and O–H groups in total. The minimum Gasteiger partial charge on any atom is -0.480 e. The summed E-state index contributed by atoms with van der Waals surface area (Å²) < 4.78 is 28.1. The molecule has 1 heterocycles. The lowest BCUT2D eigenvalue weighted by atomic mass is 10.0. The molecule has 0 bridgehead atoms. The van der Waals surface area contributed by atoms with Gasteiger partial charge >= 0.3 is 5.97 Å². The van der Waals surface area contributed by atoms with Crippen LogP contribution in [0, 0.1) is 5.92 Å². The normalized spacial score (nSPS) is 26.2. The quantitative estimate of drug-likeness (QED) is 0.880. The van der Waals surface area contributed by atoms with E-state index in [1.165, 1.54) is 16.9 Å². The molecule has 1 fully saturated rings. The van der Waals surface area contributed by atoms with Gasteiger partial charge in [0.05, 0.1) is 5.69 Å². The first-order valence-corrected chi connectivity index (χ1v) is 5.45. The van der Waals surface area contributed by atoms with Crippen LogP contribution in [0.4, 0.5) is 8.78 Å². The summed E-state index contributed by atoms with van der Waals surface area (Å²) in [7, 11) is 0. The van der Waals surface area contributed by atoms with E-state index in [0.717, 1.165) is 0 Å². The Bertz CT molecular complexity index is 456. The number of carbonyl (C=O) groups is 1. The average molecular weight is 244 g/mol. The van der Waals surface area contributed by atoms with E-state index in [0.29, 0.717) is 6.54 Å². The fourth-order valence-electron chi connectivity index (χ4n) is 2.09. The van der Waals surface area contributed by atoms with Crippen LogP contribution < -0.4 is 0 Å². The summed E-state index contributed by atoms with van der Waals surface area (Å²) in [5, 5.41) is 13.0. The van der Waals surface area contributed by atoms with Crippen molar-refractivity contribution in [2.24, 2.45) is 5.92 Å². The van der Waals surface area contributed by atoms with Crippen molar-refractivity contribution >= 4 is 5.97 Å². The molecule has 2 rings (SSSR count). The molecule has 0 aromatic carbocycles. The summed E-state index contributed by atoms with van der Waals surface area (Å²) in [6.45, 7) is 4.28. The van der Waals surface area contributed by atoms with Crippen LogP contribution in [0.3, 0.4) is 0 Å². The Kier molecular flexibility index (Phi) is 2.48. The van der Waals surface area contributed by atoms with Crippen molar-refractivity contribution < 1.29 is 18.7 Å². The van der Waals surface area contributed by atoms with Crippen LogP contribution in [0.15, 0.2) is 12.3 Å². The molecular formula is C11H14F2N2O2. The number of rotatable bonds is 4. The van der Waals surface area contributed by atoms with Crippen molar-refractivity contribution in [2.45, 2.75) is 38.2 Å². The Morgan fingerprint density at radius 1 is 1.65 bits per heavy atom. The molecule has 17 heavy (non-hydrogen) atoms. The van der Waals surface area contributed by atoms with Gasteiger partial charge in [0.15, 0.2) is 5.41 Å². The highest BCUT2D eigenvalue weighted by molar-refractivity contribution is 5.87. The largest absolute Gasteiger partial charge is 0.480 e. The van der Waals surface area contributed by atoms with Gasteiger partial charge in [-0.2, -0.15) is 5.10 Å². The summed E-state index contributed by atoms with van der Waals surface area (Å²) in [6, 6.07) is 1.37. The van der Waals surface area contributed by atoms with E-state index in [1.807, 2.05) is 13.8 Å². The lowest BCUT2D eigenvalue weighted by Crippen LogP contribution is -2.30. The Labute approximate surface area is 97.2 Å². The summed E-state index contributed by atoms with van der Waals surface area (Å²) in [6.07, 6.45) is 0.732. The molecule has 1 aliphatic carbocycles. The highest BCUT2D eigenvalue weighted by Crippen LogP contribution is 2.61. The highest BCUT2D eigenvalue weighted by Gasteiger charge is 2.78. The molecule has 1 aliphatic rings. The number of carboxylic acids is 1. The van der Waals surface area contributed by atoms with E-state index in [2.05, 4.69) is 5.10 Å². The van der Waals surface area contributed by atoms with Gasteiger partial charge in [-0.05, 0) is 12.0 Å². The Balaban J connectivity index is 2.40. The molecule has 1 aromatic rings. The topological polar surface area (TPSA) is 55.1 Å². The fourth-order valence-corrected chi connectivity index (χ4v) is 2.09. The van der Waals surface area contributed by atoms with Gasteiger partial charge in [0.25, 0.3) is 5.92 Å². The van der Waals surface area contributed by atoms with E-state index in [1.54, 1.807) is 0 Å². The van der Waals surface area contributed by atoms with Crippen molar-refractivity contribution in [1.82, 2.24) is 9.78 Å². The standard InChI is InChI=1S/C11H14F2N2O2/c1-7(2)5-15-8(3-4-14-15)10(9(16)17)6-11(10,12)13/h3-4,7H,5-6H2,1-2H3,(H,16,17). The zero-order chi connectivity index (χ0) is 12.8. The number of hydrogen-bond acceptors (Lipinski definition) is 2. The average Bonchev–Trinajstić information content (AvgIpc) is 2.55. The van der Waals surface area contributed by atoms with Crippen LogP contribution in [0.5, 0.6) is 0 Å². The second kappa shape index (κ2) is 3.51. The molecule has 1 atom stereocenters. The molecule has 94 valence electrons. The number of aliphatic carboxylic acids is 1. The number of hydrogen-bond donors (Lipinski definition) is 1. The first-order chi connectivity index (χ1) is 7.81. The smallest absolute Gasteiger partial charge is 0.322 e. The molecular weight excluding hydrogens is 230 g/mol. The Morgan fingerprint density at radius 2 is 2.24 bits per heavy atom.